The summed E-state index contributed by atoms with van der Waals surface area (Å²) in [5.41, 5.74) is 7.71. The highest BCUT2D eigenvalue weighted by atomic mass is 19.1. The zero-order valence-corrected chi connectivity index (χ0v) is 16.1. The molecule has 29 heavy (non-hydrogen) atoms. The summed E-state index contributed by atoms with van der Waals surface area (Å²) < 4.78 is 19.2. The van der Waals surface area contributed by atoms with Crippen molar-refractivity contribution in [2.75, 3.05) is 24.1 Å². The van der Waals surface area contributed by atoms with Crippen molar-refractivity contribution < 1.29 is 9.13 Å². The third-order valence-electron chi connectivity index (χ3n) is 4.67. The van der Waals surface area contributed by atoms with E-state index < -0.39 is 0 Å². The smallest absolute Gasteiger partial charge is 0.232 e. The van der Waals surface area contributed by atoms with Crippen molar-refractivity contribution in [1.82, 2.24) is 19.9 Å². The molecule has 2 unspecified atom stereocenters. The first-order valence-electron chi connectivity index (χ1n) is 9.51. The van der Waals surface area contributed by atoms with E-state index in [4.69, 9.17) is 10.5 Å². The van der Waals surface area contributed by atoms with Crippen LogP contribution in [0.3, 0.4) is 0 Å². The van der Waals surface area contributed by atoms with E-state index in [-0.39, 0.29) is 24.0 Å². The van der Waals surface area contributed by atoms with Gasteiger partial charge in [-0.1, -0.05) is 30.3 Å². The monoisotopic (exact) mass is 394 g/mol. The molecule has 1 aliphatic rings. The normalized spacial score (nSPS) is 19.8. The van der Waals surface area contributed by atoms with Gasteiger partial charge in [0.25, 0.3) is 0 Å². The van der Waals surface area contributed by atoms with E-state index in [0.717, 1.165) is 18.7 Å². The van der Waals surface area contributed by atoms with E-state index in [1.54, 1.807) is 12.1 Å². The minimum absolute atomic E-state index is 0.00375. The first-order valence-corrected chi connectivity index (χ1v) is 9.51. The Kier molecular flexibility index (Phi) is 5.64. The van der Waals surface area contributed by atoms with Gasteiger partial charge >= 0.3 is 0 Å². The Morgan fingerprint density at radius 3 is 2.59 bits per heavy atom. The number of rotatable bonds is 5. The highest BCUT2D eigenvalue weighted by molar-refractivity contribution is 5.53. The molecule has 8 heteroatoms. The summed E-state index contributed by atoms with van der Waals surface area (Å²) in [5.74, 6) is 0.740. The van der Waals surface area contributed by atoms with Gasteiger partial charge in [-0.05, 0) is 36.8 Å². The van der Waals surface area contributed by atoms with Gasteiger partial charge in [0, 0.05) is 18.8 Å². The fraction of sp³-hybridized carbons (Fsp3) is 0.286. The van der Waals surface area contributed by atoms with Crippen LogP contribution in [0.15, 0.2) is 54.6 Å². The average Bonchev–Trinajstić information content (AvgIpc) is 2.69. The van der Waals surface area contributed by atoms with Gasteiger partial charge in [0.05, 0.1) is 18.8 Å². The molecule has 0 aliphatic carbocycles. The number of nitrogen functional groups attached to an aromatic ring is 1. The third-order valence-corrected chi connectivity index (χ3v) is 4.67. The Bertz CT molecular complexity index is 953. The summed E-state index contributed by atoms with van der Waals surface area (Å²) in [6.45, 7) is 4.10. The van der Waals surface area contributed by atoms with Gasteiger partial charge < -0.3 is 15.8 Å². The van der Waals surface area contributed by atoms with E-state index in [0.29, 0.717) is 24.0 Å². The van der Waals surface area contributed by atoms with Crippen LogP contribution in [0.5, 0.6) is 0 Å². The molecular formula is C21H23FN6O. The molecule has 1 aromatic heterocycles. The van der Waals surface area contributed by atoms with Crippen LogP contribution in [0.2, 0.25) is 0 Å². The van der Waals surface area contributed by atoms with Crippen molar-refractivity contribution in [3.8, 4) is 0 Å². The predicted molar refractivity (Wildman–Crippen MR) is 109 cm³/mol. The minimum Gasteiger partial charge on any atom is -0.368 e. The van der Waals surface area contributed by atoms with Gasteiger partial charge in [-0.25, -0.2) is 4.39 Å². The fourth-order valence-corrected chi connectivity index (χ4v) is 3.45. The van der Waals surface area contributed by atoms with E-state index in [1.807, 2.05) is 18.2 Å². The summed E-state index contributed by atoms with van der Waals surface area (Å²) in [4.78, 5) is 15.1. The number of nitrogens with one attached hydrogen (secondary N) is 1. The Labute approximate surface area is 168 Å². The zero-order valence-electron chi connectivity index (χ0n) is 16.1. The Morgan fingerprint density at radius 1 is 1.07 bits per heavy atom. The van der Waals surface area contributed by atoms with Crippen LogP contribution >= 0.6 is 0 Å². The van der Waals surface area contributed by atoms with Crippen LogP contribution in [0.1, 0.15) is 24.4 Å². The van der Waals surface area contributed by atoms with E-state index in [1.165, 1.54) is 12.1 Å². The maximum atomic E-state index is 13.1. The highest BCUT2D eigenvalue weighted by Gasteiger charge is 2.27. The van der Waals surface area contributed by atoms with E-state index in [2.05, 4.69) is 44.2 Å². The van der Waals surface area contributed by atoms with Crippen LogP contribution in [-0.4, -0.2) is 39.0 Å². The molecule has 1 aliphatic heterocycles. The summed E-state index contributed by atoms with van der Waals surface area (Å²) in [6, 6.07) is 16.1. The molecule has 3 N–H and O–H groups in total. The molecule has 0 bridgehead atoms. The minimum atomic E-state index is -0.305. The molecule has 3 aromatic rings. The van der Waals surface area contributed by atoms with Crippen molar-refractivity contribution in [3.63, 3.8) is 0 Å². The number of morpholine rings is 1. The summed E-state index contributed by atoms with van der Waals surface area (Å²) in [6.07, 6.45) is 0.0842. The number of nitrogens with zero attached hydrogens (tertiary/aromatic N) is 4. The van der Waals surface area contributed by atoms with Crippen molar-refractivity contribution >= 4 is 17.6 Å². The molecule has 7 nitrogen and oxygen atoms in total. The maximum absolute atomic E-state index is 13.1. The lowest BCUT2D eigenvalue weighted by atomic mass is 10.1. The van der Waals surface area contributed by atoms with Crippen molar-refractivity contribution in [2.24, 2.45) is 0 Å². The first-order chi connectivity index (χ1) is 14.0. The lowest BCUT2D eigenvalue weighted by molar-refractivity contribution is -0.0819. The Hall–Kier alpha value is -3.10. The number of anilines is 3. The van der Waals surface area contributed by atoms with Crippen molar-refractivity contribution in [1.29, 1.82) is 0 Å². The summed E-state index contributed by atoms with van der Waals surface area (Å²) in [7, 11) is 0. The first kappa shape index (κ1) is 19.2. The number of nitrogens with two attached hydrogens (primary N) is 1. The third kappa shape index (κ3) is 5.04. The molecular weight excluding hydrogens is 371 g/mol. The standard InChI is InChI=1S/C21H23FN6O/c1-14-11-28(12-18(29-14)15-5-3-2-4-6-15)13-19-25-20(23)27-21(26-19)24-17-9-7-16(22)8-10-17/h2-10,14,18H,11-13H2,1H3,(H3,23,24,25,26,27). The molecule has 0 amide bonds. The molecule has 0 saturated carbocycles. The lowest BCUT2D eigenvalue weighted by Gasteiger charge is -2.36. The highest BCUT2D eigenvalue weighted by Crippen LogP contribution is 2.26. The molecule has 2 aromatic carbocycles. The number of ether oxygens (including phenoxy) is 1. The van der Waals surface area contributed by atoms with E-state index in [9.17, 15) is 4.39 Å². The van der Waals surface area contributed by atoms with Crippen molar-refractivity contribution in [3.05, 3.63) is 71.8 Å². The van der Waals surface area contributed by atoms with Crippen molar-refractivity contribution in [2.45, 2.75) is 25.7 Å². The zero-order chi connectivity index (χ0) is 20.2. The molecule has 0 spiro atoms. The second-order valence-corrected chi connectivity index (χ2v) is 7.11. The molecule has 2 heterocycles. The lowest BCUT2D eigenvalue weighted by Crippen LogP contribution is -2.42. The predicted octanol–water partition coefficient (Wildman–Crippen LogP) is 3.30. The molecule has 150 valence electrons. The van der Waals surface area contributed by atoms with Crippen LogP contribution < -0.4 is 11.1 Å². The SMILES string of the molecule is CC1CN(Cc2nc(N)nc(Nc3ccc(F)cc3)n2)CC(c2ccccc2)O1. The topological polar surface area (TPSA) is 89.2 Å². The Morgan fingerprint density at radius 2 is 1.83 bits per heavy atom. The molecule has 0 radical (unpaired) electrons. The molecule has 1 fully saturated rings. The van der Waals surface area contributed by atoms with E-state index >= 15 is 0 Å². The maximum Gasteiger partial charge on any atom is 0.232 e. The fourth-order valence-electron chi connectivity index (χ4n) is 3.45. The molecule has 2 atom stereocenters. The Balaban J connectivity index is 1.48. The average molecular weight is 394 g/mol. The van der Waals surface area contributed by atoms with Crippen LogP contribution in [-0.2, 0) is 11.3 Å². The van der Waals surface area contributed by atoms with Gasteiger partial charge in [0.2, 0.25) is 11.9 Å². The second kappa shape index (κ2) is 8.50. The van der Waals surface area contributed by atoms with Crippen LogP contribution in [0.25, 0.3) is 0 Å². The van der Waals surface area contributed by atoms with Gasteiger partial charge in [0.1, 0.15) is 11.6 Å². The largest absolute Gasteiger partial charge is 0.368 e. The summed E-state index contributed by atoms with van der Waals surface area (Å²) >= 11 is 0. The van der Waals surface area contributed by atoms with Gasteiger partial charge in [-0.2, -0.15) is 15.0 Å². The number of halogens is 1. The van der Waals surface area contributed by atoms with Gasteiger partial charge in [0.15, 0.2) is 0 Å². The number of hydrogen-bond acceptors (Lipinski definition) is 7. The molecule has 4 rings (SSSR count). The summed E-state index contributed by atoms with van der Waals surface area (Å²) in [5, 5.41) is 3.04. The second-order valence-electron chi connectivity index (χ2n) is 7.11. The van der Waals surface area contributed by atoms with Gasteiger partial charge in [-0.3, -0.25) is 4.90 Å². The van der Waals surface area contributed by atoms with Gasteiger partial charge in [-0.15, -0.1) is 0 Å². The number of aromatic nitrogens is 3. The molecule has 1 saturated heterocycles. The quantitative estimate of drug-likeness (QED) is 0.686. The van der Waals surface area contributed by atoms with Crippen LogP contribution in [0.4, 0.5) is 22.0 Å². The number of benzene rings is 2. The number of hydrogen-bond donors (Lipinski definition) is 2. The van der Waals surface area contributed by atoms with Crippen LogP contribution in [0, 0.1) is 5.82 Å².